The molecule has 296 valence electrons. The summed E-state index contributed by atoms with van der Waals surface area (Å²) in [5, 5.41) is 23.4. The van der Waals surface area contributed by atoms with Crippen molar-refractivity contribution >= 4 is 52.9 Å². The molecule has 1 fully saturated rings. The van der Waals surface area contributed by atoms with Crippen LogP contribution in [0.25, 0.3) is 0 Å². The van der Waals surface area contributed by atoms with Crippen LogP contribution in [0.3, 0.4) is 0 Å². The van der Waals surface area contributed by atoms with Crippen molar-refractivity contribution in [1.29, 1.82) is 0 Å². The highest BCUT2D eigenvalue weighted by atomic mass is 35.5. The van der Waals surface area contributed by atoms with E-state index in [0.29, 0.717) is 40.6 Å². The number of hydrogen-bond donors (Lipinski definition) is 6. The molecule has 0 saturated heterocycles. The van der Waals surface area contributed by atoms with Crippen molar-refractivity contribution in [2.45, 2.75) is 43.6 Å². The Labute approximate surface area is 322 Å². The number of benzene rings is 3. The molecule has 1 aromatic heterocycles. The van der Waals surface area contributed by atoms with Crippen molar-refractivity contribution in [2.24, 2.45) is 0 Å². The summed E-state index contributed by atoms with van der Waals surface area (Å²) < 4.78 is 54.0. The predicted molar refractivity (Wildman–Crippen MR) is 195 cm³/mol. The van der Waals surface area contributed by atoms with Gasteiger partial charge in [-0.3, -0.25) is 14.4 Å². The predicted octanol–water partition coefficient (Wildman–Crippen LogP) is 4.33. The lowest BCUT2D eigenvalue weighted by Gasteiger charge is -2.19. The largest absolute Gasteiger partial charge is 0.493 e. The number of aliphatic carboxylic acids is 1. The van der Waals surface area contributed by atoms with Gasteiger partial charge in [0.15, 0.2) is 18.1 Å². The van der Waals surface area contributed by atoms with E-state index in [1.807, 2.05) is 12.1 Å². The van der Waals surface area contributed by atoms with E-state index in [1.54, 1.807) is 30.3 Å². The van der Waals surface area contributed by atoms with Crippen molar-refractivity contribution in [3.8, 4) is 17.5 Å². The third kappa shape index (κ3) is 11.3. The Morgan fingerprint density at radius 1 is 0.875 bits per heavy atom. The third-order valence-corrected chi connectivity index (χ3v) is 8.56. The molecule has 20 heteroatoms. The number of ether oxygens (including phenoxy) is 3. The Morgan fingerprint density at radius 2 is 1.54 bits per heavy atom. The fourth-order valence-corrected chi connectivity index (χ4v) is 5.40. The Hall–Kier alpha value is -6.37. The van der Waals surface area contributed by atoms with Gasteiger partial charge in [-0.25, -0.2) is 4.79 Å². The molecule has 3 amide bonds. The van der Waals surface area contributed by atoms with E-state index in [2.05, 4.69) is 41.5 Å². The Bertz CT molecular complexity index is 2050. The average molecular weight is 801 g/mol. The molecule has 0 unspecified atom stereocenters. The summed E-state index contributed by atoms with van der Waals surface area (Å²) in [6.45, 7) is -1.88. The van der Waals surface area contributed by atoms with E-state index >= 15 is 0 Å². The highest BCUT2D eigenvalue weighted by Crippen LogP contribution is 2.48. The van der Waals surface area contributed by atoms with Crippen molar-refractivity contribution < 1.29 is 51.7 Å². The molecule has 0 spiro atoms. The number of carboxylic acid groups (broad SMARTS) is 1. The molecule has 6 N–H and O–H groups in total. The number of nitrogens with one attached hydrogen (secondary N) is 5. The molecular formula is C36H36ClF3N8O8. The summed E-state index contributed by atoms with van der Waals surface area (Å²) >= 11 is 6.02. The Balaban J connectivity index is 1.16. The highest BCUT2D eigenvalue weighted by Gasteiger charge is 2.45. The summed E-state index contributed by atoms with van der Waals surface area (Å²) in [5.41, 5.74) is 1.33. The minimum atomic E-state index is -4.65. The van der Waals surface area contributed by atoms with Crippen molar-refractivity contribution in [3.05, 3.63) is 88.4 Å². The van der Waals surface area contributed by atoms with Gasteiger partial charge in [0.1, 0.15) is 6.04 Å². The zero-order valence-electron chi connectivity index (χ0n) is 29.8. The van der Waals surface area contributed by atoms with Gasteiger partial charge >= 0.3 is 30.0 Å². The molecule has 1 aliphatic carbocycles. The molecule has 3 aromatic carbocycles. The number of hydrogen-bond acceptors (Lipinski definition) is 12. The second-order valence-corrected chi connectivity index (χ2v) is 12.8. The number of methoxy groups -OCH3 is 2. The molecule has 4 aromatic rings. The SMILES string of the molecule is COc1ccc(CNC(=O)C(=O)NCC[C@H](NC(=O)c2ccc(Nc3nc(NC4(c5ccc(Cl)cc5)CC4)nc(OCC(F)(F)F)n3)cc2)C(=O)O)cc1OC. The molecular weight excluding hydrogens is 765 g/mol. The van der Waals surface area contributed by atoms with E-state index < -0.39 is 54.1 Å². The van der Waals surface area contributed by atoms with Gasteiger partial charge in [-0.1, -0.05) is 29.8 Å². The van der Waals surface area contributed by atoms with Crippen molar-refractivity contribution in [3.63, 3.8) is 0 Å². The number of anilines is 3. The number of halogens is 4. The summed E-state index contributed by atoms with van der Waals surface area (Å²) in [7, 11) is 2.94. The summed E-state index contributed by atoms with van der Waals surface area (Å²) in [6.07, 6.45) is -3.50. The molecule has 5 rings (SSSR count). The maximum atomic E-state index is 12.9. The number of carbonyl (C=O) groups excluding carboxylic acids is 3. The van der Waals surface area contributed by atoms with Gasteiger partial charge in [-0.2, -0.15) is 28.1 Å². The van der Waals surface area contributed by atoms with Gasteiger partial charge < -0.3 is 45.9 Å². The highest BCUT2D eigenvalue weighted by molar-refractivity contribution is 6.35. The van der Waals surface area contributed by atoms with Crippen LogP contribution in [-0.2, 0) is 26.5 Å². The molecule has 56 heavy (non-hydrogen) atoms. The van der Waals surface area contributed by atoms with Gasteiger partial charge in [-0.05, 0) is 78.9 Å². The fourth-order valence-electron chi connectivity index (χ4n) is 5.27. The van der Waals surface area contributed by atoms with Crippen LogP contribution in [0.5, 0.6) is 17.5 Å². The van der Waals surface area contributed by atoms with Crippen molar-refractivity contribution in [2.75, 3.05) is 38.0 Å². The molecule has 0 bridgehead atoms. The normalized spacial score (nSPS) is 13.4. The number of amides is 3. The van der Waals surface area contributed by atoms with Crippen LogP contribution in [0, 0.1) is 0 Å². The second kappa shape index (κ2) is 17.8. The van der Waals surface area contributed by atoms with E-state index in [1.165, 1.54) is 38.5 Å². The van der Waals surface area contributed by atoms with Crippen LogP contribution >= 0.6 is 11.6 Å². The second-order valence-electron chi connectivity index (χ2n) is 12.4. The van der Waals surface area contributed by atoms with Gasteiger partial charge in [-0.15, -0.1) is 0 Å². The quantitative estimate of drug-likeness (QED) is 0.0822. The Kier molecular flexibility index (Phi) is 13.0. The number of nitrogens with zero attached hydrogens (tertiary/aromatic N) is 3. The van der Waals surface area contributed by atoms with Gasteiger partial charge in [0, 0.05) is 29.4 Å². The van der Waals surface area contributed by atoms with E-state index in [0.717, 1.165) is 5.56 Å². The molecule has 1 atom stereocenters. The van der Waals surface area contributed by atoms with Gasteiger partial charge in [0.2, 0.25) is 11.9 Å². The first-order chi connectivity index (χ1) is 26.7. The lowest BCUT2D eigenvalue weighted by atomic mass is 10.1. The first kappa shape index (κ1) is 40.8. The van der Waals surface area contributed by atoms with Crippen LogP contribution in [-0.4, -0.2) is 83.3 Å². The van der Waals surface area contributed by atoms with Crippen LogP contribution in [0.15, 0.2) is 66.7 Å². The zero-order valence-corrected chi connectivity index (χ0v) is 30.6. The lowest BCUT2D eigenvalue weighted by molar-refractivity contribution is -0.154. The first-order valence-corrected chi connectivity index (χ1v) is 17.2. The number of aromatic nitrogens is 3. The number of alkyl halides is 3. The van der Waals surface area contributed by atoms with Crippen LogP contribution < -0.4 is 40.8 Å². The monoisotopic (exact) mass is 800 g/mol. The summed E-state index contributed by atoms with van der Waals surface area (Å²) in [4.78, 5) is 61.7. The summed E-state index contributed by atoms with van der Waals surface area (Å²) in [6, 6.07) is 15.6. The van der Waals surface area contributed by atoms with Crippen molar-refractivity contribution in [1.82, 2.24) is 30.9 Å². The fraction of sp³-hybridized carbons (Fsp3) is 0.306. The number of carbonyl (C=O) groups is 4. The molecule has 16 nitrogen and oxygen atoms in total. The van der Waals surface area contributed by atoms with Crippen LogP contribution in [0.1, 0.15) is 40.7 Å². The van der Waals surface area contributed by atoms with Crippen LogP contribution in [0.4, 0.5) is 30.8 Å². The minimum Gasteiger partial charge on any atom is -0.493 e. The minimum absolute atomic E-state index is 0.00568. The van der Waals surface area contributed by atoms with Gasteiger partial charge in [0.25, 0.3) is 5.91 Å². The molecule has 1 saturated carbocycles. The van der Waals surface area contributed by atoms with E-state index in [9.17, 15) is 37.5 Å². The maximum absolute atomic E-state index is 12.9. The molecule has 1 aliphatic rings. The Morgan fingerprint density at radius 3 is 2.16 bits per heavy atom. The summed E-state index contributed by atoms with van der Waals surface area (Å²) in [5.74, 6) is -3.37. The smallest absolute Gasteiger partial charge is 0.422 e. The van der Waals surface area contributed by atoms with E-state index in [4.69, 9.17) is 25.8 Å². The van der Waals surface area contributed by atoms with Crippen LogP contribution in [0.2, 0.25) is 5.02 Å². The van der Waals surface area contributed by atoms with Gasteiger partial charge in [0.05, 0.1) is 19.8 Å². The standard InChI is InChI=1S/C36H36ClF3N8O8/c1-54-26-12-3-20(17-27(26)55-2)18-42-30(51)29(50)41-16-13-25(31(52)53)44-28(49)21-4-10-24(11-5-21)43-32-45-33(47-34(46-32)56-19-36(38,39)40)48-35(14-15-35)22-6-8-23(37)9-7-22/h3-12,17,25H,13-16,18-19H2,1-2H3,(H,41,50)(H,42,51)(H,44,49)(H,52,53)(H2,43,45,46,47,48)/t25-/m0/s1. The van der Waals surface area contributed by atoms with E-state index in [-0.39, 0.29) is 37.0 Å². The zero-order chi connectivity index (χ0) is 40.5. The first-order valence-electron chi connectivity index (χ1n) is 16.8. The number of rotatable bonds is 17. The molecule has 0 radical (unpaired) electrons. The maximum Gasteiger partial charge on any atom is 0.422 e. The molecule has 0 aliphatic heterocycles. The third-order valence-electron chi connectivity index (χ3n) is 8.31. The average Bonchev–Trinajstić information content (AvgIpc) is 3.95. The number of carboxylic acids is 1. The molecule has 1 heterocycles. The lowest BCUT2D eigenvalue weighted by Crippen LogP contribution is -2.45. The topological polar surface area (TPSA) is 215 Å².